The first kappa shape index (κ1) is 17.3. The molecule has 0 aliphatic heterocycles. The van der Waals surface area contributed by atoms with Gasteiger partial charge in [-0.15, -0.1) is 0 Å². The van der Waals surface area contributed by atoms with Crippen LogP contribution in [0.25, 0.3) is 0 Å². The standard InChI is InChI=1S/C13H8Cl2FNO5S/c14-7-4-8(15)12(18)11(5-7)23(21,22)17-10-3-6(13(19)20)1-2-9(10)16/h1-5,17-18H,(H,19,20). The van der Waals surface area contributed by atoms with E-state index in [4.69, 9.17) is 28.3 Å². The van der Waals surface area contributed by atoms with E-state index in [1.165, 1.54) is 0 Å². The molecule has 0 bridgehead atoms. The average Bonchev–Trinajstić information content (AvgIpc) is 2.44. The van der Waals surface area contributed by atoms with Gasteiger partial charge in [0.2, 0.25) is 0 Å². The highest BCUT2D eigenvalue weighted by atomic mass is 35.5. The smallest absolute Gasteiger partial charge is 0.335 e. The van der Waals surface area contributed by atoms with E-state index in [9.17, 15) is 22.7 Å². The lowest BCUT2D eigenvalue weighted by atomic mass is 10.2. The first-order valence-electron chi connectivity index (χ1n) is 5.85. The Morgan fingerprint density at radius 3 is 2.43 bits per heavy atom. The molecular formula is C13H8Cl2FNO5S. The summed E-state index contributed by atoms with van der Waals surface area (Å²) in [7, 11) is -4.46. The minimum Gasteiger partial charge on any atom is -0.505 e. The van der Waals surface area contributed by atoms with E-state index in [-0.39, 0.29) is 15.6 Å². The van der Waals surface area contributed by atoms with Crippen LogP contribution in [0.1, 0.15) is 10.4 Å². The number of anilines is 1. The van der Waals surface area contributed by atoms with E-state index >= 15 is 0 Å². The van der Waals surface area contributed by atoms with Gasteiger partial charge in [0.05, 0.1) is 16.3 Å². The van der Waals surface area contributed by atoms with Gasteiger partial charge in [-0.2, -0.15) is 0 Å². The van der Waals surface area contributed by atoms with E-state index in [1.54, 1.807) is 0 Å². The first-order valence-corrected chi connectivity index (χ1v) is 8.09. The molecule has 10 heteroatoms. The number of carbonyl (C=O) groups is 1. The van der Waals surface area contributed by atoms with Gasteiger partial charge in [-0.05, 0) is 30.3 Å². The lowest BCUT2D eigenvalue weighted by molar-refractivity contribution is 0.0697. The van der Waals surface area contributed by atoms with Crippen molar-refractivity contribution in [2.45, 2.75) is 4.90 Å². The van der Waals surface area contributed by atoms with Gasteiger partial charge in [-0.1, -0.05) is 23.2 Å². The van der Waals surface area contributed by atoms with Crippen LogP contribution < -0.4 is 4.72 Å². The summed E-state index contributed by atoms with van der Waals surface area (Å²) in [6.45, 7) is 0. The highest BCUT2D eigenvalue weighted by Gasteiger charge is 2.23. The zero-order valence-electron chi connectivity index (χ0n) is 11.0. The molecule has 122 valence electrons. The number of rotatable bonds is 4. The number of nitrogens with one attached hydrogen (secondary N) is 1. The molecule has 2 rings (SSSR count). The predicted octanol–water partition coefficient (Wildman–Crippen LogP) is 3.34. The maximum Gasteiger partial charge on any atom is 0.335 e. The Balaban J connectivity index is 2.51. The number of carboxylic acid groups (broad SMARTS) is 1. The second kappa shape index (κ2) is 6.23. The Hall–Kier alpha value is -2.03. The van der Waals surface area contributed by atoms with Crippen LogP contribution in [0.2, 0.25) is 10.0 Å². The molecule has 0 aliphatic rings. The van der Waals surface area contributed by atoms with Crippen LogP contribution >= 0.6 is 23.2 Å². The highest BCUT2D eigenvalue weighted by Crippen LogP contribution is 2.35. The van der Waals surface area contributed by atoms with Crippen molar-refractivity contribution in [2.24, 2.45) is 0 Å². The molecule has 0 radical (unpaired) electrons. The van der Waals surface area contributed by atoms with Crippen LogP contribution in [0.4, 0.5) is 10.1 Å². The van der Waals surface area contributed by atoms with Crippen molar-refractivity contribution in [3.63, 3.8) is 0 Å². The van der Waals surface area contributed by atoms with E-state index in [0.29, 0.717) is 0 Å². The number of phenolic OH excluding ortho intramolecular Hbond substituents is 1. The lowest BCUT2D eigenvalue weighted by Crippen LogP contribution is -2.15. The molecular weight excluding hydrogens is 372 g/mol. The number of aromatic carboxylic acids is 1. The van der Waals surface area contributed by atoms with Gasteiger partial charge in [-0.3, -0.25) is 4.72 Å². The molecule has 0 saturated heterocycles. The summed E-state index contributed by atoms with van der Waals surface area (Å²) in [6, 6.07) is 4.63. The van der Waals surface area contributed by atoms with Crippen molar-refractivity contribution in [3.8, 4) is 5.75 Å². The molecule has 2 aromatic rings. The van der Waals surface area contributed by atoms with Crippen molar-refractivity contribution in [2.75, 3.05) is 4.72 Å². The van der Waals surface area contributed by atoms with E-state index in [1.807, 2.05) is 4.72 Å². The summed E-state index contributed by atoms with van der Waals surface area (Å²) >= 11 is 11.3. The number of benzene rings is 2. The molecule has 0 aromatic heterocycles. The van der Waals surface area contributed by atoms with Gasteiger partial charge in [0.1, 0.15) is 10.7 Å². The van der Waals surface area contributed by atoms with Crippen LogP contribution in [-0.2, 0) is 10.0 Å². The number of aromatic hydroxyl groups is 1. The fourth-order valence-electron chi connectivity index (χ4n) is 1.68. The van der Waals surface area contributed by atoms with Crippen molar-refractivity contribution in [3.05, 3.63) is 51.8 Å². The van der Waals surface area contributed by atoms with Gasteiger partial charge in [-0.25, -0.2) is 17.6 Å². The molecule has 23 heavy (non-hydrogen) atoms. The molecule has 2 aromatic carbocycles. The van der Waals surface area contributed by atoms with Crippen molar-refractivity contribution < 1.29 is 27.8 Å². The first-order chi connectivity index (χ1) is 10.6. The molecule has 0 heterocycles. The monoisotopic (exact) mass is 379 g/mol. The summed E-state index contributed by atoms with van der Waals surface area (Å²) < 4.78 is 40.1. The third-order valence-electron chi connectivity index (χ3n) is 2.74. The Bertz CT molecular complexity index is 901. The average molecular weight is 380 g/mol. The van der Waals surface area contributed by atoms with Gasteiger partial charge in [0, 0.05) is 5.02 Å². The zero-order chi connectivity index (χ0) is 17.4. The van der Waals surface area contributed by atoms with Crippen LogP contribution in [0.3, 0.4) is 0 Å². The Morgan fingerprint density at radius 1 is 1.17 bits per heavy atom. The van der Waals surface area contributed by atoms with Crippen molar-refractivity contribution >= 4 is 44.9 Å². The third-order valence-corrected chi connectivity index (χ3v) is 4.63. The summed E-state index contributed by atoms with van der Waals surface area (Å²) in [4.78, 5) is 10.2. The quantitative estimate of drug-likeness (QED) is 0.755. The third kappa shape index (κ3) is 3.66. The van der Waals surface area contributed by atoms with Crippen LogP contribution in [0.5, 0.6) is 5.75 Å². The molecule has 0 atom stereocenters. The van der Waals surface area contributed by atoms with Gasteiger partial charge >= 0.3 is 5.97 Å². The predicted molar refractivity (Wildman–Crippen MR) is 82.3 cm³/mol. The summed E-state index contributed by atoms with van der Waals surface area (Å²) in [6.07, 6.45) is 0. The number of phenols is 1. The van der Waals surface area contributed by atoms with Crippen molar-refractivity contribution in [1.82, 2.24) is 0 Å². The molecule has 3 N–H and O–H groups in total. The Labute approximate surface area is 140 Å². The number of hydrogen-bond donors (Lipinski definition) is 3. The topological polar surface area (TPSA) is 104 Å². The number of carboxylic acids is 1. The SMILES string of the molecule is O=C(O)c1ccc(F)c(NS(=O)(=O)c2cc(Cl)cc(Cl)c2O)c1. The molecule has 0 saturated carbocycles. The second-order valence-corrected chi connectivity index (χ2v) is 6.83. The van der Waals surface area contributed by atoms with E-state index in [2.05, 4.69) is 0 Å². The highest BCUT2D eigenvalue weighted by molar-refractivity contribution is 7.92. The maximum atomic E-state index is 13.7. The summed E-state index contributed by atoms with van der Waals surface area (Å²) in [5.41, 5.74) is -0.919. The Kier molecular flexibility index (Phi) is 4.69. The molecule has 0 spiro atoms. The molecule has 0 amide bonds. The molecule has 0 fully saturated rings. The molecule has 0 unspecified atom stereocenters. The molecule has 0 aliphatic carbocycles. The van der Waals surface area contributed by atoms with E-state index in [0.717, 1.165) is 30.3 Å². The summed E-state index contributed by atoms with van der Waals surface area (Å²) in [5, 5.41) is 18.2. The fourth-order valence-corrected chi connectivity index (χ4v) is 3.50. The largest absolute Gasteiger partial charge is 0.505 e. The van der Waals surface area contributed by atoms with Gasteiger partial charge < -0.3 is 10.2 Å². The summed E-state index contributed by atoms with van der Waals surface area (Å²) in [5.74, 6) is -3.12. The van der Waals surface area contributed by atoms with E-state index < -0.39 is 38.1 Å². The van der Waals surface area contributed by atoms with Crippen LogP contribution in [0.15, 0.2) is 35.2 Å². The maximum absolute atomic E-state index is 13.7. The number of sulfonamides is 1. The minimum absolute atomic E-state index is 0.0621. The Morgan fingerprint density at radius 2 is 1.83 bits per heavy atom. The van der Waals surface area contributed by atoms with Crippen molar-refractivity contribution in [1.29, 1.82) is 0 Å². The normalized spacial score (nSPS) is 11.3. The van der Waals surface area contributed by atoms with Gasteiger partial charge in [0.15, 0.2) is 5.75 Å². The van der Waals surface area contributed by atoms with Crippen LogP contribution in [0, 0.1) is 5.82 Å². The number of hydrogen-bond acceptors (Lipinski definition) is 4. The van der Waals surface area contributed by atoms with Gasteiger partial charge in [0.25, 0.3) is 10.0 Å². The number of halogens is 3. The second-order valence-electron chi connectivity index (χ2n) is 4.34. The van der Waals surface area contributed by atoms with Crippen LogP contribution in [-0.4, -0.2) is 24.6 Å². The minimum atomic E-state index is -4.46. The zero-order valence-corrected chi connectivity index (χ0v) is 13.4. The molecule has 6 nitrogen and oxygen atoms in total. The lowest BCUT2D eigenvalue weighted by Gasteiger charge is -2.12. The fraction of sp³-hybridized carbons (Fsp3) is 0.